The van der Waals surface area contributed by atoms with E-state index in [9.17, 15) is 4.79 Å². The summed E-state index contributed by atoms with van der Waals surface area (Å²) < 4.78 is 5.96. The molecule has 1 atom stereocenters. The lowest BCUT2D eigenvalue weighted by atomic mass is 10.1. The maximum atomic E-state index is 12.7. The lowest BCUT2D eigenvalue weighted by molar-refractivity contribution is -0.121. The van der Waals surface area contributed by atoms with Crippen molar-refractivity contribution >= 4 is 11.6 Å². The van der Waals surface area contributed by atoms with E-state index in [1.54, 1.807) is 0 Å². The molecule has 0 unspecified atom stereocenters. The molecule has 1 heterocycles. The lowest BCUT2D eigenvalue weighted by Crippen LogP contribution is -2.45. The number of ether oxygens (including phenoxy) is 1. The van der Waals surface area contributed by atoms with Crippen LogP contribution >= 0.6 is 0 Å². The van der Waals surface area contributed by atoms with Gasteiger partial charge in [0.25, 0.3) is 0 Å². The molecule has 1 N–H and O–H groups in total. The lowest BCUT2D eigenvalue weighted by Gasteiger charge is -2.38. The van der Waals surface area contributed by atoms with Crippen molar-refractivity contribution in [3.05, 3.63) is 95.6 Å². The fourth-order valence-corrected chi connectivity index (χ4v) is 3.65. The van der Waals surface area contributed by atoms with Crippen molar-refractivity contribution in [3.63, 3.8) is 0 Å². The SMILES string of the molecule is Cc1ccc(CNC(=O)C[C@@H]2COc3ccccc3N2Cc2ccccc2)cc1. The van der Waals surface area contributed by atoms with Gasteiger partial charge in [-0.2, -0.15) is 0 Å². The second kappa shape index (κ2) is 8.82. The van der Waals surface area contributed by atoms with Gasteiger partial charge in [-0.25, -0.2) is 0 Å². The van der Waals surface area contributed by atoms with Gasteiger partial charge in [0.15, 0.2) is 0 Å². The van der Waals surface area contributed by atoms with Gasteiger partial charge >= 0.3 is 0 Å². The summed E-state index contributed by atoms with van der Waals surface area (Å²) in [5, 5.41) is 3.05. The number of aryl methyl sites for hydroxylation is 1. The monoisotopic (exact) mass is 386 g/mol. The summed E-state index contributed by atoms with van der Waals surface area (Å²) in [6.45, 7) is 3.85. The third-order valence-electron chi connectivity index (χ3n) is 5.27. The van der Waals surface area contributed by atoms with Gasteiger partial charge < -0.3 is 15.0 Å². The molecule has 1 aliphatic rings. The average Bonchev–Trinajstić information content (AvgIpc) is 2.76. The van der Waals surface area contributed by atoms with Gasteiger partial charge in [-0.3, -0.25) is 4.79 Å². The number of rotatable bonds is 6. The molecule has 0 bridgehead atoms. The summed E-state index contributed by atoms with van der Waals surface area (Å²) in [7, 11) is 0. The van der Waals surface area contributed by atoms with Crippen molar-refractivity contribution in [2.45, 2.75) is 32.5 Å². The maximum absolute atomic E-state index is 12.7. The number of carbonyl (C=O) groups excluding carboxylic acids is 1. The fourth-order valence-electron chi connectivity index (χ4n) is 3.65. The van der Waals surface area contributed by atoms with Crippen LogP contribution in [-0.2, 0) is 17.9 Å². The molecule has 1 aliphatic heterocycles. The van der Waals surface area contributed by atoms with Crippen LogP contribution in [0.15, 0.2) is 78.9 Å². The normalized spacial score (nSPS) is 15.3. The van der Waals surface area contributed by atoms with E-state index in [1.807, 2.05) is 36.4 Å². The summed E-state index contributed by atoms with van der Waals surface area (Å²) in [5.41, 5.74) is 4.58. The van der Waals surface area contributed by atoms with Crippen LogP contribution < -0.4 is 15.0 Å². The topological polar surface area (TPSA) is 41.6 Å². The predicted molar refractivity (Wildman–Crippen MR) is 116 cm³/mol. The third-order valence-corrected chi connectivity index (χ3v) is 5.27. The quantitative estimate of drug-likeness (QED) is 0.680. The third kappa shape index (κ3) is 4.77. The van der Waals surface area contributed by atoms with E-state index >= 15 is 0 Å². The second-order valence-electron chi connectivity index (χ2n) is 7.51. The van der Waals surface area contributed by atoms with Gasteiger partial charge in [0, 0.05) is 13.1 Å². The van der Waals surface area contributed by atoms with Gasteiger partial charge in [-0.05, 0) is 30.2 Å². The molecule has 29 heavy (non-hydrogen) atoms. The number of nitrogens with zero attached hydrogens (tertiary/aromatic N) is 1. The van der Waals surface area contributed by atoms with Gasteiger partial charge in [-0.1, -0.05) is 72.3 Å². The predicted octanol–water partition coefficient (Wildman–Crippen LogP) is 4.47. The molecule has 3 aromatic carbocycles. The van der Waals surface area contributed by atoms with E-state index in [2.05, 4.69) is 59.6 Å². The molecule has 3 aromatic rings. The Morgan fingerprint density at radius 3 is 2.48 bits per heavy atom. The molecule has 0 aliphatic carbocycles. The first-order valence-electron chi connectivity index (χ1n) is 10.0. The molecule has 0 saturated heterocycles. The number of hydrogen-bond acceptors (Lipinski definition) is 3. The Kier molecular flexibility index (Phi) is 5.80. The van der Waals surface area contributed by atoms with Crippen molar-refractivity contribution in [3.8, 4) is 5.75 Å². The van der Waals surface area contributed by atoms with E-state index in [4.69, 9.17) is 4.74 Å². The van der Waals surface area contributed by atoms with E-state index in [0.29, 0.717) is 19.6 Å². The molecule has 0 fully saturated rings. The highest BCUT2D eigenvalue weighted by atomic mass is 16.5. The Hall–Kier alpha value is -3.27. The molecule has 0 spiro atoms. The van der Waals surface area contributed by atoms with Crippen molar-refractivity contribution in [1.29, 1.82) is 0 Å². The Morgan fingerprint density at radius 2 is 1.69 bits per heavy atom. The maximum Gasteiger partial charge on any atom is 0.222 e. The van der Waals surface area contributed by atoms with Crippen LogP contribution in [0.1, 0.15) is 23.1 Å². The van der Waals surface area contributed by atoms with Crippen LogP contribution in [0.2, 0.25) is 0 Å². The zero-order chi connectivity index (χ0) is 20.1. The highest BCUT2D eigenvalue weighted by molar-refractivity contribution is 5.77. The van der Waals surface area contributed by atoms with Crippen LogP contribution in [0, 0.1) is 6.92 Å². The first-order valence-corrected chi connectivity index (χ1v) is 10.0. The number of benzene rings is 3. The molecular formula is C25H26N2O2. The molecular weight excluding hydrogens is 360 g/mol. The van der Waals surface area contributed by atoms with Gasteiger partial charge in [0.1, 0.15) is 12.4 Å². The average molecular weight is 386 g/mol. The number of carbonyl (C=O) groups is 1. The second-order valence-corrected chi connectivity index (χ2v) is 7.51. The highest BCUT2D eigenvalue weighted by Crippen LogP contribution is 2.35. The minimum Gasteiger partial charge on any atom is -0.489 e. The molecule has 148 valence electrons. The standard InChI is InChI=1S/C25H26N2O2/c1-19-11-13-20(14-12-19)16-26-25(28)15-22-18-29-24-10-6-5-9-23(24)27(22)17-21-7-3-2-4-8-21/h2-14,22H,15-18H2,1H3,(H,26,28)/t22-/m1/s1. The molecule has 4 nitrogen and oxygen atoms in total. The van der Waals surface area contributed by atoms with Crippen LogP contribution in [0.25, 0.3) is 0 Å². The number of amides is 1. The largest absolute Gasteiger partial charge is 0.489 e. The van der Waals surface area contributed by atoms with Gasteiger partial charge in [-0.15, -0.1) is 0 Å². The molecule has 1 amide bonds. The highest BCUT2D eigenvalue weighted by Gasteiger charge is 2.29. The summed E-state index contributed by atoms with van der Waals surface area (Å²) in [5.74, 6) is 0.913. The van der Waals surface area contributed by atoms with Crippen LogP contribution in [0.3, 0.4) is 0 Å². The van der Waals surface area contributed by atoms with Crippen LogP contribution in [0.4, 0.5) is 5.69 Å². The first-order chi connectivity index (χ1) is 14.2. The number of anilines is 1. The Balaban J connectivity index is 1.45. The molecule has 4 heteroatoms. The van der Waals surface area contributed by atoms with Gasteiger partial charge in [0.2, 0.25) is 5.91 Å². The van der Waals surface area contributed by atoms with Crippen LogP contribution in [-0.4, -0.2) is 18.6 Å². The summed E-state index contributed by atoms with van der Waals surface area (Å²) in [6, 6.07) is 26.6. The molecule has 0 saturated carbocycles. The van der Waals surface area contributed by atoms with E-state index in [-0.39, 0.29) is 11.9 Å². The van der Waals surface area contributed by atoms with Crippen molar-refractivity contribution in [2.75, 3.05) is 11.5 Å². The van der Waals surface area contributed by atoms with E-state index < -0.39 is 0 Å². The number of hydrogen-bond donors (Lipinski definition) is 1. The number of fused-ring (bicyclic) bond motifs is 1. The summed E-state index contributed by atoms with van der Waals surface area (Å²) in [6.07, 6.45) is 0.396. The van der Waals surface area contributed by atoms with E-state index in [1.165, 1.54) is 11.1 Å². The van der Waals surface area contributed by atoms with Crippen molar-refractivity contribution in [1.82, 2.24) is 5.32 Å². The molecule has 0 radical (unpaired) electrons. The molecule has 0 aromatic heterocycles. The zero-order valence-electron chi connectivity index (χ0n) is 16.7. The minimum absolute atomic E-state index is 0.0110. The summed E-state index contributed by atoms with van der Waals surface area (Å²) in [4.78, 5) is 15.0. The van der Waals surface area contributed by atoms with E-state index in [0.717, 1.165) is 23.5 Å². The fraction of sp³-hybridized carbons (Fsp3) is 0.240. The Morgan fingerprint density at radius 1 is 0.966 bits per heavy atom. The number of nitrogens with one attached hydrogen (secondary N) is 1. The first kappa shape index (κ1) is 19.1. The zero-order valence-corrected chi connectivity index (χ0v) is 16.7. The Labute approximate surface area is 172 Å². The minimum atomic E-state index is -0.0110. The molecule has 4 rings (SSSR count). The number of para-hydroxylation sites is 2. The van der Waals surface area contributed by atoms with Crippen molar-refractivity contribution < 1.29 is 9.53 Å². The van der Waals surface area contributed by atoms with Crippen molar-refractivity contribution in [2.24, 2.45) is 0 Å². The summed E-state index contributed by atoms with van der Waals surface area (Å²) >= 11 is 0. The Bertz CT molecular complexity index is 954. The smallest absolute Gasteiger partial charge is 0.222 e. The van der Waals surface area contributed by atoms with Crippen LogP contribution in [0.5, 0.6) is 5.75 Å². The van der Waals surface area contributed by atoms with Gasteiger partial charge in [0.05, 0.1) is 18.2 Å².